The van der Waals surface area contributed by atoms with Crippen LogP contribution < -0.4 is 16.5 Å². The summed E-state index contributed by atoms with van der Waals surface area (Å²) in [5, 5.41) is 3.24. The van der Waals surface area contributed by atoms with E-state index in [0.717, 1.165) is 25.7 Å². The zero-order chi connectivity index (χ0) is 22.1. The van der Waals surface area contributed by atoms with Gasteiger partial charge in [-0.2, -0.15) is 0 Å². The Morgan fingerprint density at radius 1 is 0.935 bits per heavy atom. The first-order chi connectivity index (χ1) is 15.0. The number of nitrogens with one attached hydrogen (secondary N) is 1. The van der Waals surface area contributed by atoms with E-state index < -0.39 is 0 Å². The van der Waals surface area contributed by atoms with Gasteiger partial charge in [0.1, 0.15) is 10.6 Å². The summed E-state index contributed by atoms with van der Waals surface area (Å²) < 4.78 is 5.53. The van der Waals surface area contributed by atoms with Gasteiger partial charge in [0.2, 0.25) is 5.91 Å². The third-order valence-electron chi connectivity index (χ3n) is 5.22. The first kappa shape index (κ1) is 22.7. The van der Waals surface area contributed by atoms with E-state index in [-0.39, 0.29) is 22.1 Å². The number of hydrogen-bond donors (Lipinski definition) is 2. The molecule has 0 bridgehead atoms. The molecular formula is C25H28N2O3S. The molecule has 0 saturated heterocycles. The Kier molecular flexibility index (Phi) is 8.35. The number of amides is 1. The fourth-order valence-electron chi connectivity index (χ4n) is 3.55. The molecule has 0 saturated carbocycles. The normalized spacial score (nSPS) is 10.8. The Morgan fingerprint density at radius 3 is 2.39 bits per heavy atom. The van der Waals surface area contributed by atoms with Gasteiger partial charge in [-0.15, -0.1) is 0 Å². The summed E-state index contributed by atoms with van der Waals surface area (Å²) in [7, 11) is 0. The largest absolute Gasteiger partial charge is 0.453 e. The Bertz CT molecular complexity index is 1090. The third kappa shape index (κ3) is 7.03. The molecule has 1 heterocycles. The number of carbonyl (C=O) groups is 1. The highest BCUT2D eigenvalue weighted by Crippen LogP contribution is 2.18. The maximum atomic E-state index is 12.3. The second-order valence-corrected chi connectivity index (χ2v) is 8.15. The number of carbonyl (C=O) groups excluding carboxylic acids is 1. The lowest BCUT2D eigenvalue weighted by molar-refractivity contribution is -0.116. The number of anilines is 1. The van der Waals surface area contributed by atoms with Gasteiger partial charge in [-0.25, -0.2) is 0 Å². The summed E-state index contributed by atoms with van der Waals surface area (Å²) in [5.74, 6) is 0.136. The van der Waals surface area contributed by atoms with Crippen LogP contribution in [0.3, 0.4) is 0 Å². The minimum atomic E-state index is -0.243. The Balaban J connectivity index is 1.36. The summed E-state index contributed by atoms with van der Waals surface area (Å²) in [6.45, 7) is 0. The van der Waals surface area contributed by atoms with Crippen LogP contribution in [0.2, 0.25) is 0 Å². The SMILES string of the molecule is NC(=S)c1cc(=O)c2cc(NC(=O)CCCCCCCCc3ccccc3)ccc2o1. The highest BCUT2D eigenvalue weighted by molar-refractivity contribution is 7.80. The van der Waals surface area contributed by atoms with Gasteiger partial charge in [0.05, 0.1) is 5.39 Å². The highest BCUT2D eigenvalue weighted by Gasteiger charge is 2.09. The smallest absolute Gasteiger partial charge is 0.224 e. The van der Waals surface area contributed by atoms with Gasteiger partial charge in [-0.1, -0.05) is 68.2 Å². The van der Waals surface area contributed by atoms with E-state index in [4.69, 9.17) is 22.4 Å². The van der Waals surface area contributed by atoms with E-state index >= 15 is 0 Å². The lowest BCUT2D eigenvalue weighted by atomic mass is 10.0. The van der Waals surface area contributed by atoms with E-state index in [2.05, 4.69) is 29.6 Å². The first-order valence-electron chi connectivity index (χ1n) is 10.7. The van der Waals surface area contributed by atoms with Crippen LogP contribution in [0.1, 0.15) is 56.3 Å². The molecule has 0 fully saturated rings. The molecule has 0 radical (unpaired) electrons. The quantitative estimate of drug-likeness (QED) is 0.313. The van der Waals surface area contributed by atoms with Crippen molar-refractivity contribution in [1.82, 2.24) is 0 Å². The molecule has 0 aliphatic rings. The average Bonchev–Trinajstić information content (AvgIpc) is 2.76. The standard InChI is InChI=1S/C25H28N2O3S/c26-25(31)23-17-21(28)20-16-19(14-15-22(20)30-23)27-24(29)13-9-4-2-1-3-6-10-18-11-7-5-8-12-18/h5,7-8,11-12,14-17H,1-4,6,9-10,13H2,(H2,26,31)(H,27,29). The molecule has 3 rings (SSSR count). The molecular weight excluding hydrogens is 408 g/mol. The maximum absolute atomic E-state index is 12.3. The molecule has 162 valence electrons. The highest BCUT2D eigenvalue weighted by atomic mass is 32.1. The summed E-state index contributed by atoms with van der Waals surface area (Å²) >= 11 is 4.86. The van der Waals surface area contributed by atoms with Crippen molar-refractivity contribution >= 4 is 39.8 Å². The fraction of sp³-hybridized carbons (Fsp3) is 0.320. The Morgan fingerprint density at radius 2 is 1.65 bits per heavy atom. The van der Waals surface area contributed by atoms with E-state index in [1.54, 1.807) is 18.2 Å². The van der Waals surface area contributed by atoms with Crippen molar-refractivity contribution in [2.75, 3.05) is 5.32 Å². The second-order valence-electron chi connectivity index (χ2n) is 7.71. The van der Waals surface area contributed by atoms with Crippen molar-refractivity contribution < 1.29 is 9.21 Å². The number of unbranched alkanes of at least 4 members (excludes halogenated alkanes) is 5. The van der Waals surface area contributed by atoms with Crippen LogP contribution in [0.4, 0.5) is 5.69 Å². The Hall–Kier alpha value is -2.99. The summed E-state index contributed by atoms with van der Waals surface area (Å²) in [4.78, 5) is 24.5. The number of thiocarbonyl (C=S) groups is 1. The number of aryl methyl sites for hydroxylation is 1. The lowest BCUT2D eigenvalue weighted by Gasteiger charge is -2.07. The van der Waals surface area contributed by atoms with Crippen molar-refractivity contribution in [3.05, 3.63) is 76.1 Å². The van der Waals surface area contributed by atoms with Gasteiger partial charge in [0.15, 0.2) is 11.2 Å². The van der Waals surface area contributed by atoms with Gasteiger partial charge in [-0.05, 0) is 43.0 Å². The predicted molar refractivity (Wildman–Crippen MR) is 129 cm³/mol. The van der Waals surface area contributed by atoms with Crippen LogP contribution in [-0.2, 0) is 11.2 Å². The van der Waals surface area contributed by atoms with Gasteiger partial charge >= 0.3 is 0 Å². The average molecular weight is 437 g/mol. The maximum Gasteiger partial charge on any atom is 0.224 e. The molecule has 31 heavy (non-hydrogen) atoms. The summed E-state index contributed by atoms with van der Waals surface area (Å²) in [6, 6.07) is 16.8. The molecule has 3 N–H and O–H groups in total. The van der Waals surface area contributed by atoms with Crippen LogP contribution in [0, 0.1) is 0 Å². The lowest BCUT2D eigenvalue weighted by Crippen LogP contribution is -2.14. The molecule has 0 unspecified atom stereocenters. The van der Waals surface area contributed by atoms with E-state index in [9.17, 15) is 9.59 Å². The molecule has 6 heteroatoms. The zero-order valence-electron chi connectivity index (χ0n) is 17.6. The van der Waals surface area contributed by atoms with Crippen molar-refractivity contribution in [1.29, 1.82) is 0 Å². The minimum Gasteiger partial charge on any atom is -0.453 e. The molecule has 1 aromatic heterocycles. The Labute approximate surface area is 187 Å². The van der Waals surface area contributed by atoms with Crippen LogP contribution in [0.15, 0.2) is 63.8 Å². The van der Waals surface area contributed by atoms with Crippen molar-refractivity contribution in [3.63, 3.8) is 0 Å². The molecule has 3 aromatic rings. The molecule has 0 spiro atoms. The number of rotatable bonds is 11. The number of hydrogen-bond acceptors (Lipinski definition) is 4. The number of fused-ring (bicyclic) bond motifs is 1. The fourth-order valence-corrected chi connectivity index (χ4v) is 3.65. The van der Waals surface area contributed by atoms with E-state index in [1.165, 1.54) is 30.9 Å². The van der Waals surface area contributed by atoms with Crippen LogP contribution >= 0.6 is 12.2 Å². The zero-order valence-corrected chi connectivity index (χ0v) is 18.4. The molecule has 2 aromatic carbocycles. The second kappa shape index (κ2) is 11.4. The molecule has 0 aliphatic heterocycles. The molecule has 5 nitrogen and oxygen atoms in total. The number of benzene rings is 2. The topological polar surface area (TPSA) is 85.3 Å². The summed E-state index contributed by atoms with van der Waals surface area (Å²) in [5.41, 5.74) is 7.65. The van der Waals surface area contributed by atoms with Crippen molar-refractivity contribution in [3.8, 4) is 0 Å². The molecule has 0 atom stereocenters. The van der Waals surface area contributed by atoms with Gasteiger partial charge in [0.25, 0.3) is 0 Å². The minimum absolute atomic E-state index is 0.0348. The van der Waals surface area contributed by atoms with Gasteiger partial charge < -0.3 is 15.5 Å². The number of nitrogens with two attached hydrogens (primary N) is 1. The first-order valence-corrected chi connectivity index (χ1v) is 11.2. The summed E-state index contributed by atoms with van der Waals surface area (Å²) in [6.07, 6.45) is 8.27. The van der Waals surface area contributed by atoms with Crippen LogP contribution in [0.5, 0.6) is 0 Å². The van der Waals surface area contributed by atoms with Gasteiger partial charge in [-0.3, -0.25) is 9.59 Å². The predicted octanol–water partition coefficient (Wildman–Crippen LogP) is 5.34. The molecule has 0 aliphatic carbocycles. The third-order valence-corrected chi connectivity index (χ3v) is 5.42. The van der Waals surface area contributed by atoms with Crippen molar-refractivity contribution in [2.45, 2.75) is 51.4 Å². The van der Waals surface area contributed by atoms with Crippen LogP contribution in [0.25, 0.3) is 11.0 Å². The van der Waals surface area contributed by atoms with E-state index in [0.29, 0.717) is 23.1 Å². The molecule has 1 amide bonds. The van der Waals surface area contributed by atoms with Crippen molar-refractivity contribution in [2.24, 2.45) is 5.73 Å². The van der Waals surface area contributed by atoms with Gasteiger partial charge in [0, 0.05) is 18.2 Å². The van der Waals surface area contributed by atoms with Crippen LogP contribution in [-0.4, -0.2) is 10.9 Å². The van der Waals surface area contributed by atoms with E-state index in [1.807, 2.05) is 6.07 Å². The monoisotopic (exact) mass is 436 g/mol.